The van der Waals surface area contributed by atoms with Crippen molar-refractivity contribution in [1.29, 1.82) is 0 Å². The van der Waals surface area contributed by atoms with Crippen LogP contribution in [0.2, 0.25) is 0 Å². The van der Waals surface area contributed by atoms with E-state index in [0.29, 0.717) is 6.42 Å². The molecule has 0 bridgehead atoms. The molecule has 134 valence electrons. The Balaban J connectivity index is 0.00000182. The smallest absolute Gasteiger partial charge is 1.00 e. The molecule has 1 heterocycles. The molecule has 1 saturated heterocycles. The maximum absolute atomic E-state index is 13.2. The summed E-state index contributed by atoms with van der Waals surface area (Å²) in [6, 6.07) is 15.6. The van der Waals surface area contributed by atoms with Gasteiger partial charge in [-0.3, -0.25) is 4.79 Å². The summed E-state index contributed by atoms with van der Waals surface area (Å²) in [7, 11) is -3.79. The molecule has 3 rings (SSSR count). The molecular formula is C19H21NO4SSr. The molecule has 0 aliphatic carbocycles. The second-order valence-electron chi connectivity index (χ2n) is 6.23. The number of hydrogen-bond acceptors (Lipinski definition) is 3. The Morgan fingerprint density at radius 3 is 2.35 bits per heavy atom. The van der Waals surface area contributed by atoms with Crippen LogP contribution in [0.4, 0.5) is 0 Å². The fourth-order valence-electron chi connectivity index (χ4n) is 3.07. The average Bonchev–Trinajstić information content (AvgIpc) is 2.62. The van der Waals surface area contributed by atoms with Gasteiger partial charge in [0.05, 0.1) is 4.90 Å². The van der Waals surface area contributed by atoms with Gasteiger partial charge in [0, 0.05) is 12.6 Å². The Morgan fingerprint density at radius 2 is 1.77 bits per heavy atom. The van der Waals surface area contributed by atoms with Gasteiger partial charge in [0.2, 0.25) is 10.0 Å². The average molecular weight is 447 g/mol. The third-order valence-corrected chi connectivity index (χ3v) is 6.39. The maximum Gasteiger partial charge on any atom is 2.00 e. The normalized spacial score (nSPS) is 21.0. The number of carboxylic acids is 1. The fourth-order valence-corrected chi connectivity index (χ4v) is 4.72. The van der Waals surface area contributed by atoms with Crippen molar-refractivity contribution in [3.8, 4) is 0 Å². The second kappa shape index (κ2) is 8.99. The first-order valence-electron chi connectivity index (χ1n) is 8.09. The summed E-state index contributed by atoms with van der Waals surface area (Å²) in [6.45, 7) is 1.82. The third kappa shape index (κ3) is 4.58. The van der Waals surface area contributed by atoms with Crippen molar-refractivity contribution in [1.82, 2.24) is 4.31 Å². The number of hydrogen-bond donors (Lipinski definition) is 1. The number of carboxylic acid groups (broad SMARTS) is 1. The summed E-state index contributed by atoms with van der Waals surface area (Å²) in [5.41, 5.74) is 1.83. The molecule has 2 aromatic rings. The molecule has 0 aromatic heterocycles. The van der Waals surface area contributed by atoms with Crippen LogP contribution in [0.1, 0.15) is 25.0 Å². The van der Waals surface area contributed by atoms with E-state index in [1.54, 1.807) is 30.7 Å². The summed E-state index contributed by atoms with van der Waals surface area (Å²) < 4.78 is 27.7. The van der Waals surface area contributed by atoms with Crippen molar-refractivity contribution in [3.63, 3.8) is 0 Å². The SMILES string of the molecule is Cc1ccc(S(=O)(=O)N2C[C@H](C(=O)O)[CH-]C[C@@H]2c2ccccc2)cc1.[H-].[Sr+2]. The first kappa shape index (κ1) is 21.6. The standard InChI is InChI=1S/C19H20NO4S.Sr.H/c1-14-7-10-17(11-8-14)25(23,24)20-13-16(19(21)22)9-12-18(20)15-5-3-2-4-6-15;;/h2-11,16,18H,12-13H2,1H3,(H,21,22);;/q-1;+2;-1/t16-,18-;;/m1../s1. The molecule has 0 unspecified atom stereocenters. The van der Waals surface area contributed by atoms with E-state index in [1.165, 1.54) is 4.31 Å². The Morgan fingerprint density at radius 1 is 1.15 bits per heavy atom. The molecule has 0 spiro atoms. The molecule has 5 nitrogen and oxygen atoms in total. The van der Waals surface area contributed by atoms with Crippen molar-refractivity contribution >= 4 is 61.5 Å². The van der Waals surface area contributed by atoms with E-state index in [0.717, 1.165) is 11.1 Å². The number of piperidine rings is 1. The van der Waals surface area contributed by atoms with Crippen LogP contribution in [0.5, 0.6) is 0 Å². The van der Waals surface area contributed by atoms with Crippen molar-refractivity contribution in [2.45, 2.75) is 24.3 Å². The molecule has 0 amide bonds. The van der Waals surface area contributed by atoms with Crippen molar-refractivity contribution in [3.05, 3.63) is 72.1 Å². The first-order valence-corrected chi connectivity index (χ1v) is 9.53. The summed E-state index contributed by atoms with van der Waals surface area (Å²) in [5.74, 6) is -1.81. The van der Waals surface area contributed by atoms with Crippen LogP contribution in [0, 0.1) is 19.3 Å². The van der Waals surface area contributed by atoms with Gasteiger partial charge in [0.1, 0.15) is 0 Å². The second-order valence-corrected chi connectivity index (χ2v) is 8.12. The molecule has 0 saturated carbocycles. The topological polar surface area (TPSA) is 74.7 Å². The van der Waals surface area contributed by atoms with Crippen LogP contribution in [0.15, 0.2) is 59.5 Å². The predicted molar refractivity (Wildman–Crippen MR) is 101 cm³/mol. The van der Waals surface area contributed by atoms with Gasteiger partial charge in [-0.15, -0.1) is 0 Å². The summed E-state index contributed by atoms with van der Waals surface area (Å²) >= 11 is 0. The first-order chi connectivity index (χ1) is 11.9. The number of rotatable bonds is 4. The van der Waals surface area contributed by atoms with Crippen LogP contribution < -0.4 is 0 Å². The van der Waals surface area contributed by atoms with Gasteiger partial charge in [0.15, 0.2) is 0 Å². The zero-order valence-corrected chi connectivity index (χ0v) is 18.9. The van der Waals surface area contributed by atoms with Crippen LogP contribution in [-0.4, -0.2) is 75.8 Å². The van der Waals surface area contributed by atoms with Crippen LogP contribution in [0.25, 0.3) is 0 Å². The number of benzene rings is 2. The van der Waals surface area contributed by atoms with Crippen molar-refractivity contribution in [2.75, 3.05) is 6.54 Å². The molecule has 2 atom stereocenters. The van der Waals surface area contributed by atoms with E-state index in [1.807, 2.05) is 37.3 Å². The maximum atomic E-state index is 13.2. The number of carbonyl (C=O) groups is 1. The van der Waals surface area contributed by atoms with E-state index in [9.17, 15) is 18.3 Å². The van der Waals surface area contributed by atoms with Gasteiger partial charge >= 0.3 is 45.5 Å². The Labute approximate surface area is 192 Å². The van der Waals surface area contributed by atoms with Gasteiger partial charge in [-0.1, -0.05) is 53.9 Å². The Bertz CT molecular complexity index is 859. The molecule has 1 aliphatic heterocycles. The van der Waals surface area contributed by atoms with E-state index < -0.39 is 28.0 Å². The minimum absolute atomic E-state index is 0. The molecule has 26 heavy (non-hydrogen) atoms. The summed E-state index contributed by atoms with van der Waals surface area (Å²) in [4.78, 5) is 11.6. The van der Waals surface area contributed by atoms with Crippen molar-refractivity contribution in [2.24, 2.45) is 5.92 Å². The molecular weight excluding hydrogens is 426 g/mol. The van der Waals surface area contributed by atoms with Crippen LogP contribution in [-0.2, 0) is 14.8 Å². The molecule has 2 aromatic carbocycles. The minimum Gasteiger partial charge on any atom is -1.00 e. The van der Waals surface area contributed by atoms with E-state index in [-0.39, 0.29) is 58.3 Å². The van der Waals surface area contributed by atoms with E-state index in [4.69, 9.17) is 0 Å². The van der Waals surface area contributed by atoms with Gasteiger partial charge in [-0.2, -0.15) is 10.7 Å². The summed E-state index contributed by atoms with van der Waals surface area (Å²) in [5, 5.41) is 9.33. The van der Waals surface area contributed by atoms with Gasteiger partial charge < -0.3 is 13.0 Å². The van der Waals surface area contributed by atoms with E-state index >= 15 is 0 Å². The quantitative estimate of drug-likeness (QED) is 0.578. The number of aliphatic carboxylic acids is 1. The zero-order valence-electron chi connectivity index (χ0n) is 15.6. The fraction of sp³-hybridized carbons (Fsp3) is 0.263. The largest absolute Gasteiger partial charge is 2.00 e. The molecule has 0 radical (unpaired) electrons. The Kier molecular flexibility index (Phi) is 7.47. The monoisotopic (exact) mass is 447 g/mol. The minimum atomic E-state index is -3.79. The number of aryl methyl sites for hydroxylation is 1. The van der Waals surface area contributed by atoms with Gasteiger partial charge in [-0.25, -0.2) is 8.42 Å². The number of sulfonamides is 1. The number of nitrogens with zero attached hydrogens (tertiary/aromatic N) is 1. The van der Waals surface area contributed by atoms with Gasteiger partial charge in [-0.05, 0) is 24.6 Å². The predicted octanol–water partition coefficient (Wildman–Crippen LogP) is 2.77. The third-order valence-electron chi connectivity index (χ3n) is 4.50. The molecule has 1 aliphatic rings. The molecule has 1 fully saturated rings. The van der Waals surface area contributed by atoms with Crippen molar-refractivity contribution < 1.29 is 19.7 Å². The molecule has 1 N–H and O–H groups in total. The van der Waals surface area contributed by atoms with E-state index in [2.05, 4.69) is 0 Å². The van der Waals surface area contributed by atoms with Crippen LogP contribution in [0.3, 0.4) is 0 Å². The zero-order chi connectivity index (χ0) is 18.0. The van der Waals surface area contributed by atoms with Gasteiger partial charge in [0.25, 0.3) is 5.97 Å². The van der Waals surface area contributed by atoms with Crippen LogP contribution >= 0.6 is 0 Å². The molecule has 7 heteroatoms. The summed E-state index contributed by atoms with van der Waals surface area (Å²) in [6.07, 6.45) is 2.06. The Hall–Kier alpha value is -0.699.